The Kier molecular flexibility index (Phi) is 6.71. The summed E-state index contributed by atoms with van der Waals surface area (Å²) in [5.74, 6) is -0.499. The van der Waals surface area contributed by atoms with Crippen LogP contribution < -0.4 is 5.32 Å². The SMILES string of the molecule is COC(=O)c1ccccc1Cn1nc(C)c(NC(=O)CCn2cc(Br)c(C)n2)c1C. The number of hydrogen-bond donors (Lipinski definition) is 1. The maximum Gasteiger partial charge on any atom is 0.338 e. The van der Waals surface area contributed by atoms with Crippen molar-refractivity contribution in [2.24, 2.45) is 0 Å². The van der Waals surface area contributed by atoms with Gasteiger partial charge in [-0.3, -0.25) is 14.2 Å². The van der Waals surface area contributed by atoms with Gasteiger partial charge in [0.25, 0.3) is 0 Å². The van der Waals surface area contributed by atoms with Crippen LogP contribution in [-0.2, 0) is 22.6 Å². The molecule has 158 valence electrons. The summed E-state index contributed by atoms with van der Waals surface area (Å²) in [4.78, 5) is 24.5. The lowest BCUT2D eigenvalue weighted by Gasteiger charge is -2.10. The Hall–Kier alpha value is -2.94. The van der Waals surface area contributed by atoms with Gasteiger partial charge in [0.05, 0.1) is 46.5 Å². The fraction of sp³-hybridized carbons (Fsp3) is 0.333. The average Bonchev–Trinajstić information content (AvgIpc) is 3.18. The van der Waals surface area contributed by atoms with Gasteiger partial charge in [-0.1, -0.05) is 18.2 Å². The molecule has 9 heteroatoms. The number of hydrogen-bond acceptors (Lipinski definition) is 5. The molecule has 30 heavy (non-hydrogen) atoms. The number of halogens is 1. The minimum atomic E-state index is -0.388. The fourth-order valence-electron chi connectivity index (χ4n) is 3.19. The van der Waals surface area contributed by atoms with Gasteiger partial charge >= 0.3 is 5.97 Å². The standard InChI is InChI=1S/C21H24BrN5O3/c1-13-18(22)12-26(24-13)10-9-19(28)23-20-14(2)25-27(15(20)3)11-16-7-5-6-8-17(16)21(29)30-4/h5-8,12H,9-11H2,1-4H3,(H,23,28). The number of anilines is 1. The van der Waals surface area contributed by atoms with Crippen molar-refractivity contribution >= 4 is 33.5 Å². The van der Waals surface area contributed by atoms with Crippen molar-refractivity contribution in [2.75, 3.05) is 12.4 Å². The summed E-state index contributed by atoms with van der Waals surface area (Å²) in [5, 5.41) is 11.8. The second-order valence-corrected chi connectivity index (χ2v) is 7.83. The van der Waals surface area contributed by atoms with E-state index in [2.05, 4.69) is 31.4 Å². The molecule has 0 bridgehead atoms. The van der Waals surface area contributed by atoms with Crippen LogP contribution in [0.25, 0.3) is 0 Å². The van der Waals surface area contributed by atoms with Crippen LogP contribution in [0.2, 0.25) is 0 Å². The van der Waals surface area contributed by atoms with Gasteiger partial charge in [-0.25, -0.2) is 4.79 Å². The summed E-state index contributed by atoms with van der Waals surface area (Å²) in [6.07, 6.45) is 2.15. The van der Waals surface area contributed by atoms with Gasteiger partial charge in [-0.2, -0.15) is 10.2 Å². The summed E-state index contributed by atoms with van der Waals surface area (Å²) in [6, 6.07) is 7.25. The Morgan fingerprint density at radius 3 is 2.53 bits per heavy atom. The maximum atomic E-state index is 12.5. The molecule has 0 aliphatic heterocycles. The first kappa shape index (κ1) is 21.8. The molecule has 3 aromatic rings. The molecule has 8 nitrogen and oxygen atoms in total. The van der Waals surface area contributed by atoms with Crippen molar-refractivity contribution < 1.29 is 14.3 Å². The monoisotopic (exact) mass is 473 g/mol. The zero-order valence-electron chi connectivity index (χ0n) is 17.4. The van der Waals surface area contributed by atoms with Crippen LogP contribution >= 0.6 is 15.9 Å². The number of nitrogens with one attached hydrogen (secondary N) is 1. The normalized spacial score (nSPS) is 10.8. The quantitative estimate of drug-likeness (QED) is 0.529. The van der Waals surface area contributed by atoms with Gasteiger partial charge in [0.1, 0.15) is 0 Å². The Labute approximate surface area is 183 Å². The second kappa shape index (κ2) is 9.25. The number of ether oxygens (including phenoxy) is 1. The van der Waals surface area contributed by atoms with Crippen molar-refractivity contribution in [1.82, 2.24) is 19.6 Å². The molecule has 0 saturated heterocycles. The third kappa shape index (κ3) is 4.79. The molecule has 0 radical (unpaired) electrons. The van der Waals surface area contributed by atoms with Crippen molar-refractivity contribution in [3.05, 3.63) is 63.1 Å². The number of aryl methyl sites for hydroxylation is 3. The van der Waals surface area contributed by atoms with E-state index in [0.717, 1.165) is 21.4 Å². The lowest BCUT2D eigenvalue weighted by atomic mass is 10.1. The van der Waals surface area contributed by atoms with Gasteiger partial charge in [-0.05, 0) is 48.3 Å². The first-order valence-electron chi connectivity index (χ1n) is 9.49. The largest absolute Gasteiger partial charge is 0.465 e. The van der Waals surface area contributed by atoms with Crippen molar-refractivity contribution in [2.45, 2.75) is 40.3 Å². The van der Waals surface area contributed by atoms with Crippen LogP contribution in [-0.4, -0.2) is 38.5 Å². The van der Waals surface area contributed by atoms with Gasteiger partial charge in [0.2, 0.25) is 5.91 Å². The van der Waals surface area contributed by atoms with Crippen LogP contribution in [0.15, 0.2) is 34.9 Å². The molecule has 1 N–H and O–H groups in total. The van der Waals surface area contributed by atoms with Crippen LogP contribution in [0.5, 0.6) is 0 Å². The molecular formula is C21H24BrN5O3. The predicted molar refractivity (Wildman–Crippen MR) is 116 cm³/mol. The van der Waals surface area contributed by atoms with E-state index >= 15 is 0 Å². The first-order valence-corrected chi connectivity index (χ1v) is 10.3. The maximum absolute atomic E-state index is 12.5. The Morgan fingerprint density at radius 2 is 1.87 bits per heavy atom. The third-order valence-corrected chi connectivity index (χ3v) is 5.62. The summed E-state index contributed by atoms with van der Waals surface area (Å²) >= 11 is 3.42. The zero-order chi connectivity index (χ0) is 21.8. The average molecular weight is 474 g/mol. The van der Waals surface area contributed by atoms with Crippen molar-refractivity contribution in [3.63, 3.8) is 0 Å². The second-order valence-electron chi connectivity index (χ2n) is 6.98. The Morgan fingerprint density at radius 1 is 1.13 bits per heavy atom. The number of carbonyl (C=O) groups excluding carboxylic acids is 2. The van der Waals surface area contributed by atoms with Crippen molar-refractivity contribution in [1.29, 1.82) is 0 Å². The summed E-state index contributed by atoms with van der Waals surface area (Å²) < 4.78 is 9.30. The zero-order valence-corrected chi connectivity index (χ0v) is 19.0. The number of methoxy groups -OCH3 is 1. The predicted octanol–water partition coefficient (Wildman–Crippen LogP) is 3.63. The molecule has 1 aromatic carbocycles. The number of amides is 1. The van der Waals surface area contributed by atoms with E-state index in [9.17, 15) is 9.59 Å². The number of carbonyl (C=O) groups is 2. The van der Waals surface area contributed by atoms with Gasteiger partial charge in [0.15, 0.2) is 0 Å². The van der Waals surface area contributed by atoms with Crippen molar-refractivity contribution in [3.8, 4) is 0 Å². The van der Waals surface area contributed by atoms with Gasteiger partial charge in [-0.15, -0.1) is 0 Å². The first-order chi connectivity index (χ1) is 14.3. The molecule has 1 amide bonds. The molecule has 0 saturated carbocycles. The summed E-state index contributed by atoms with van der Waals surface area (Å²) in [6.45, 7) is 6.52. The molecule has 0 fully saturated rings. The Bertz CT molecular complexity index is 1070. The van der Waals surface area contributed by atoms with E-state index in [4.69, 9.17) is 4.74 Å². The molecular weight excluding hydrogens is 450 g/mol. The number of aromatic nitrogens is 4. The summed E-state index contributed by atoms with van der Waals surface area (Å²) in [7, 11) is 1.36. The number of benzene rings is 1. The smallest absolute Gasteiger partial charge is 0.338 e. The lowest BCUT2D eigenvalue weighted by molar-refractivity contribution is -0.116. The van der Waals surface area contributed by atoms with Crippen LogP contribution in [0.3, 0.4) is 0 Å². The molecule has 3 rings (SSSR count). The van der Waals surface area contributed by atoms with E-state index in [-0.39, 0.29) is 11.9 Å². The van der Waals surface area contributed by atoms with E-state index in [1.807, 2.05) is 39.1 Å². The van der Waals surface area contributed by atoms with Gasteiger partial charge in [0, 0.05) is 19.2 Å². The highest BCUT2D eigenvalue weighted by molar-refractivity contribution is 9.10. The van der Waals surface area contributed by atoms with E-state index in [0.29, 0.717) is 36.5 Å². The molecule has 2 heterocycles. The van der Waals surface area contributed by atoms with Crippen LogP contribution in [0.1, 0.15) is 39.4 Å². The fourth-order valence-corrected chi connectivity index (χ4v) is 3.50. The van der Waals surface area contributed by atoms with E-state index < -0.39 is 0 Å². The minimum Gasteiger partial charge on any atom is -0.465 e. The molecule has 0 aliphatic rings. The highest BCUT2D eigenvalue weighted by atomic mass is 79.9. The van der Waals surface area contributed by atoms with Gasteiger partial charge < -0.3 is 10.1 Å². The number of nitrogens with zero attached hydrogens (tertiary/aromatic N) is 4. The van der Waals surface area contributed by atoms with E-state index in [1.165, 1.54) is 7.11 Å². The summed E-state index contributed by atoms with van der Waals surface area (Å²) in [5.41, 5.74) is 4.41. The highest BCUT2D eigenvalue weighted by Crippen LogP contribution is 2.22. The molecule has 0 aliphatic carbocycles. The Balaban J connectivity index is 1.71. The van der Waals surface area contributed by atoms with Crippen LogP contribution in [0.4, 0.5) is 5.69 Å². The highest BCUT2D eigenvalue weighted by Gasteiger charge is 2.17. The number of rotatable bonds is 7. The molecule has 0 unspecified atom stereocenters. The van der Waals surface area contributed by atoms with E-state index in [1.54, 1.807) is 21.5 Å². The van der Waals surface area contributed by atoms with Crippen LogP contribution in [0, 0.1) is 20.8 Å². The molecule has 2 aromatic heterocycles. The molecule has 0 spiro atoms. The lowest BCUT2D eigenvalue weighted by Crippen LogP contribution is -2.16. The minimum absolute atomic E-state index is 0.111. The topological polar surface area (TPSA) is 91.0 Å². The molecule has 0 atom stereocenters. The third-order valence-electron chi connectivity index (χ3n) is 4.84. The number of esters is 1.